The predicted molar refractivity (Wildman–Crippen MR) is 113 cm³/mol. The molecule has 1 aromatic rings. The molecule has 0 radical (unpaired) electrons. The van der Waals surface area contributed by atoms with Gasteiger partial charge in [-0.2, -0.15) is 0 Å². The number of halogens is 1. The average molecular weight is 391 g/mol. The molecule has 156 valence electrons. The molecular formula is C23H35FN2O2. The van der Waals surface area contributed by atoms with Crippen LogP contribution in [0.4, 0.5) is 10.1 Å². The highest BCUT2D eigenvalue weighted by Crippen LogP contribution is 2.35. The largest absolute Gasteiger partial charge is 0.461 e. The minimum atomic E-state index is -0.327. The topological polar surface area (TPSA) is 41.9 Å². The van der Waals surface area contributed by atoms with E-state index < -0.39 is 0 Å². The summed E-state index contributed by atoms with van der Waals surface area (Å²) in [4.78, 5) is 19.0. The van der Waals surface area contributed by atoms with Crippen LogP contribution < -0.4 is 4.90 Å². The fourth-order valence-electron chi connectivity index (χ4n) is 4.24. The summed E-state index contributed by atoms with van der Waals surface area (Å²) >= 11 is 0. The van der Waals surface area contributed by atoms with E-state index >= 15 is 0 Å². The minimum absolute atomic E-state index is 0.0422. The van der Waals surface area contributed by atoms with E-state index in [1.54, 1.807) is 18.0 Å². The normalized spacial score (nSPS) is 23.0. The number of benzene rings is 1. The molecular weight excluding hydrogens is 355 g/mol. The van der Waals surface area contributed by atoms with Gasteiger partial charge in [0.1, 0.15) is 24.3 Å². The fourth-order valence-corrected chi connectivity index (χ4v) is 4.24. The molecule has 0 aliphatic heterocycles. The first-order chi connectivity index (χ1) is 13.3. The highest BCUT2D eigenvalue weighted by atomic mass is 19.1. The molecule has 0 unspecified atom stereocenters. The van der Waals surface area contributed by atoms with E-state index in [4.69, 9.17) is 4.74 Å². The van der Waals surface area contributed by atoms with Crippen molar-refractivity contribution in [3.8, 4) is 0 Å². The minimum Gasteiger partial charge on any atom is -0.461 e. The highest BCUT2D eigenvalue weighted by molar-refractivity contribution is 6.01. The predicted octanol–water partition coefficient (Wildman–Crippen LogP) is 5.38. The van der Waals surface area contributed by atoms with E-state index in [2.05, 4.69) is 25.8 Å². The molecule has 1 fully saturated rings. The average Bonchev–Trinajstić information content (AvgIpc) is 2.63. The van der Waals surface area contributed by atoms with Gasteiger partial charge in [-0.1, -0.05) is 40.2 Å². The van der Waals surface area contributed by atoms with Crippen LogP contribution >= 0.6 is 0 Å². The van der Waals surface area contributed by atoms with Gasteiger partial charge >= 0.3 is 5.97 Å². The number of aryl methyl sites for hydroxylation is 1. The summed E-state index contributed by atoms with van der Waals surface area (Å²) in [6.45, 7) is 10.5. The molecule has 3 atom stereocenters. The maximum Gasteiger partial charge on any atom is 0.326 e. The van der Waals surface area contributed by atoms with Gasteiger partial charge in [-0.25, -0.2) is 4.39 Å². The van der Waals surface area contributed by atoms with Crippen molar-refractivity contribution in [3.05, 3.63) is 29.6 Å². The van der Waals surface area contributed by atoms with Crippen LogP contribution in [0.15, 0.2) is 23.2 Å². The Labute approximate surface area is 169 Å². The Morgan fingerprint density at radius 3 is 2.68 bits per heavy atom. The van der Waals surface area contributed by atoms with Crippen molar-refractivity contribution < 1.29 is 13.9 Å². The zero-order valence-electron chi connectivity index (χ0n) is 18.2. The number of ether oxygens (including phenoxy) is 1. The lowest BCUT2D eigenvalue weighted by atomic mass is 9.75. The lowest BCUT2D eigenvalue weighted by Gasteiger charge is -2.37. The first-order valence-electron chi connectivity index (χ1n) is 10.5. The van der Waals surface area contributed by atoms with Gasteiger partial charge < -0.3 is 9.64 Å². The summed E-state index contributed by atoms with van der Waals surface area (Å²) in [5, 5.41) is 0. The molecule has 0 N–H and O–H groups in total. The Hall–Kier alpha value is -1.91. The second-order valence-corrected chi connectivity index (χ2v) is 8.36. The van der Waals surface area contributed by atoms with Gasteiger partial charge in [-0.05, 0) is 55.2 Å². The van der Waals surface area contributed by atoms with Gasteiger partial charge in [0.2, 0.25) is 0 Å². The van der Waals surface area contributed by atoms with Crippen molar-refractivity contribution >= 4 is 17.5 Å². The maximum atomic E-state index is 13.9. The summed E-state index contributed by atoms with van der Waals surface area (Å²) < 4.78 is 19.9. The van der Waals surface area contributed by atoms with Crippen molar-refractivity contribution in [2.24, 2.45) is 22.7 Å². The monoisotopic (exact) mass is 390 g/mol. The molecule has 0 saturated heterocycles. The lowest BCUT2D eigenvalue weighted by Crippen LogP contribution is -2.41. The van der Waals surface area contributed by atoms with Crippen LogP contribution in [0.5, 0.6) is 0 Å². The smallest absolute Gasteiger partial charge is 0.326 e. The molecule has 0 bridgehead atoms. The van der Waals surface area contributed by atoms with Crippen LogP contribution in [-0.4, -0.2) is 31.5 Å². The number of amidine groups is 1. The second-order valence-electron chi connectivity index (χ2n) is 8.36. The molecule has 2 rings (SSSR count). The molecule has 1 aliphatic carbocycles. The van der Waals surface area contributed by atoms with Crippen molar-refractivity contribution in [2.75, 3.05) is 18.5 Å². The van der Waals surface area contributed by atoms with E-state index in [-0.39, 0.29) is 24.4 Å². The zero-order valence-corrected chi connectivity index (χ0v) is 18.2. The van der Waals surface area contributed by atoms with Crippen LogP contribution in [-0.2, 0) is 9.53 Å². The molecule has 0 spiro atoms. The number of nitrogens with zero attached hydrogens (tertiary/aromatic N) is 2. The van der Waals surface area contributed by atoms with E-state index in [0.29, 0.717) is 29.9 Å². The maximum absolute atomic E-state index is 13.9. The third-order valence-electron chi connectivity index (χ3n) is 5.88. The van der Waals surface area contributed by atoms with Gasteiger partial charge in [0.25, 0.3) is 0 Å². The molecule has 0 amide bonds. The van der Waals surface area contributed by atoms with Crippen LogP contribution in [0.2, 0.25) is 0 Å². The van der Waals surface area contributed by atoms with E-state index in [0.717, 1.165) is 24.2 Å². The van der Waals surface area contributed by atoms with Gasteiger partial charge in [0.05, 0.1) is 0 Å². The first-order valence-corrected chi connectivity index (χ1v) is 10.5. The van der Waals surface area contributed by atoms with Crippen molar-refractivity contribution in [1.29, 1.82) is 0 Å². The number of hydrogen-bond acceptors (Lipinski definition) is 3. The van der Waals surface area contributed by atoms with E-state index in [9.17, 15) is 9.18 Å². The molecule has 1 aromatic carbocycles. The summed E-state index contributed by atoms with van der Waals surface area (Å²) in [5.41, 5.74) is 1.56. The third kappa shape index (κ3) is 5.55. The number of carbonyl (C=O) groups is 1. The Morgan fingerprint density at radius 1 is 1.36 bits per heavy atom. The van der Waals surface area contributed by atoms with Crippen LogP contribution in [0, 0.1) is 30.5 Å². The molecule has 1 saturated carbocycles. The van der Waals surface area contributed by atoms with Crippen LogP contribution in [0.3, 0.4) is 0 Å². The lowest BCUT2D eigenvalue weighted by molar-refractivity contribution is -0.154. The number of aliphatic imine (C=N–C) groups is 1. The molecule has 0 aromatic heterocycles. The SMILES string of the molecule is CC/C(=N\C)N(CC(=O)O[C@@H]1C[C@H](C)CC[C@H]1C(C)C)c1cc(F)ccc1C. The summed E-state index contributed by atoms with van der Waals surface area (Å²) in [6.07, 6.45) is 3.80. The van der Waals surface area contributed by atoms with Gasteiger partial charge in [-0.3, -0.25) is 9.79 Å². The number of rotatable bonds is 6. The van der Waals surface area contributed by atoms with Crippen LogP contribution in [0.25, 0.3) is 0 Å². The second kappa shape index (κ2) is 10.0. The molecule has 5 heteroatoms. The number of anilines is 1. The quantitative estimate of drug-likeness (QED) is 0.372. The van der Waals surface area contributed by atoms with E-state index in [1.165, 1.54) is 18.6 Å². The van der Waals surface area contributed by atoms with Crippen molar-refractivity contribution in [2.45, 2.75) is 66.4 Å². The molecule has 28 heavy (non-hydrogen) atoms. The van der Waals surface area contributed by atoms with Gasteiger partial charge in [-0.15, -0.1) is 0 Å². The molecule has 0 heterocycles. The summed E-state index contributed by atoms with van der Waals surface area (Å²) in [5.74, 6) is 1.58. The third-order valence-corrected chi connectivity index (χ3v) is 5.88. The standard InChI is InChI=1S/C23H35FN2O2/c1-7-22(25-6)26(20-13-18(24)10-9-17(20)5)14-23(27)28-21-12-16(4)8-11-19(21)15(2)3/h9-10,13,15-16,19,21H,7-8,11-12,14H2,1-6H3/b25-22+/t16-,19+,21-/m1/s1. The Bertz CT molecular complexity index is 702. The molecule has 4 nitrogen and oxygen atoms in total. The summed E-state index contributed by atoms with van der Waals surface area (Å²) in [7, 11) is 1.70. The number of carbonyl (C=O) groups excluding carboxylic acids is 1. The van der Waals surface area contributed by atoms with Crippen LogP contribution in [0.1, 0.15) is 58.9 Å². The summed E-state index contributed by atoms with van der Waals surface area (Å²) in [6, 6.07) is 4.62. The van der Waals surface area contributed by atoms with Crippen molar-refractivity contribution in [1.82, 2.24) is 0 Å². The van der Waals surface area contributed by atoms with Gasteiger partial charge in [0.15, 0.2) is 0 Å². The van der Waals surface area contributed by atoms with E-state index in [1.807, 2.05) is 13.8 Å². The Morgan fingerprint density at radius 2 is 2.07 bits per heavy atom. The number of esters is 1. The zero-order chi connectivity index (χ0) is 20.8. The fraction of sp³-hybridized carbons (Fsp3) is 0.652. The Balaban J connectivity index is 2.21. The van der Waals surface area contributed by atoms with Gasteiger partial charge in [0, 0.05) is 19.2 Å². The van der Waals surface area contributed by atoms with Crippen molar-refractivity contribution in [3.63, 3.8) is 0 Å². The Kier molecular flexibility index (Phi) is 8.02. The number of hydrogen-bond donors (Lipinski definition) is 0. The first kappa shape index (κ1) is 22.4. The highest BCUT2D eigenvalue weighted by Gasteiger charge is 2.34. The molecule has 1 aliphatic rings.